The number of nitrogens with one attached hydrogen (secondary N) is 1. The highest BCUT2D eigenvalue weighted by Gasteiger charge is 2.44. The maximum absolute atomic E-state index is 6.39. The van der Waals surface area contributed by atoms with Gasteiger partial charge in [-0.2, -0.15) is 0 Å². The van der Waals surface area contributed by atoms with Crippen molar-refractivity contribution >= 4 is 0 Å². The fourth-order valence-electron chi connectivity index (χ4n) is 3.60. The molecule has 0 aliphatic heterocycles. The Hall–Kier alpha value is -0.0800. The van der Waals surface area contributed by atoms with Crippen molar-refractivity contribution in [2.24, 2.45) is 11.3 Å². The molecular weight excluding hydrogens is 258 g/mol. The highest BCUT2D eigenvalue weighted by molar-refractivity contribution is 4.99. The molecule has 0 radical (unpaired) electrons. The first-order valence-corrected chi connectivity index (χ1v) is 9.22. The molecule has 0 spiro atoms. The van der Waals surface area contributed by atoms with Gasteiger partial charge in [0, 0.05) is 12.6 Å². The fourth-order valence-corrected chi connectivity index (χ4v) is 3.60. The maximum Gasteiger partial charge on any atom is 0.0834 e. The zero-order valence-electron chi connectivity index (χ0n) is 15.4. The average Bonchev–Trinajstić information content (AvgIpc) is 2.42. The van der Waals surface area contributed by atoms with Crippen molar-refractivity contribution in [1.29, 1.82) is 0 Å². The third-order valence-corrected chi connectivity index (χ3v) is 5.19. The fraction of sp³-hybridized carbons (Fsp3) is 1.00. The van der Waals surface area contributed by atoms with Crippen molar-refractivity contribution in [2.45, 2.75) is 98.1 Å². The van der Waals surface area contributed by atoms with E-state index in [1.165, 1.54) is 44.9 Å². The van der Waals surface area contributed by atoms with E-state index in [1.54, 1.807) is 0 Å². The number of rotatable bonds is 9. The van der Waals surface area contributed by atoms with Gasteiger partial charge >= 0.3 is 0 Å². The summed E-state index contributed by atoms with van der Waals surface area (Å²) >= 11 is 0. The highest BCUT2D eigenvalue weighted by atomic mass is 16.5. The minimum Gasteiger partial charge on any atom is -0.374 e. The van der Waals surface area contributed by atoms with Crippen LogP contribution in [-0.2, 0) is 4.74 Å². The summed E-state index contributed by atoms with van der Waals surface area (Å²) in [5.41, 5.74) is 0.572. The normalized spacial score (nSPS) is 22.4. The number of ether oxygens (including phenoxy) is 1. The minimum atomic E-state index is 0.0777. The van der Waals surface area contributed by atoms with Gasteiger partial charge in [0.15, 0.2) is 0 Å². The maximum atomic E-state index is 6.39. The molecule has 1 aliphatic rings. The summed E-state index contributed by atoms with van der Waals surface area (Å²) in [4.78, 5) is 0. The first kappa shape index (κ1) is 19.0. The largest absolute Gasteiger partial charge is 0.374 e. The Morgan fingerprint density at radius 1 is 1.00 bits per heavy atom. The molecule has 1 rings (SSSR count). The Bertz CT molecular complexity index is 275. The van der Waals surface area contributed by atoms with Crippen LogP contribution in [0.15, 0.2) is 0 Å². The molecule has 126 valence electrons. The Morgan fingerprint density at radius 2 is 1.62 bits per heavy atom. The van der Waals surface area contributed by atoms with Crippen molar-refractivity contribution in [2.75, 3.05) is 13.2 Å². The van der Waals surface area contributed by atoms with Gasteiger partial charge in [-0.05, 0) is 69.7 Å². The van der Waals surface area contributed by atoms with E-state index in [-0.39, 0.29) is 5.60 Å². The molecule has 1 fully saturated rings. The highest BCUT2D eigenvalue weighted by Crippen LogP contribution is 2.44. The lowest BCUT2D eigenvalue weighted by molar-refractivity contribution is -0.108. The Kier molecular flexibility index (Phi) is 7.70. The Labute approximate surface area is 133 Å². The lowest BCUT2D eigenvalue weighted by Gasteiger charge is -2.48. The van der Waals surface area contributed by atoms with Crippen LogP contribution >= 0.6 is 0 Å². The van der Waals surface area contributed by atoms with Crippen LogP contribution in [0.25, 0.3) is 0 Å². The molecule has 0 heterocycles. The van der Waals surface area contributed by atoms with Crippen molar-refractivity contribution in [3.8, 4) is 0 Å². The monoisotopic (exact) mass is 297 g/mol. The molecule has 2 nitrogen and oxygen atoms in total. The van der Waals surface area contributed by atoms with Crippen LogP contribution in [0.1, 0.15) is 86.5 Å². The molecule has 0 amide bonds. The second kappa shape index (κ2) is 8.53. The topological polar surface area (TPSA) is 21.3 Å². The lowest BCUT2D eigenvalue weighted by atomic mass is 9.67. The van der Waals surface area contributed by atoms with Gasteiger partial charge in [-0.25, -0.2) is 0 Å². The van der Waals surface area contributed by atoms with Crippen molar-refractivity contribution in [3.05, 3.63) is 0 Å². The third kappa shape index (κ3) is 5.90. The van der Waals surface area contributed by atoms with Crippen LogP contribution in [0.5, 0.6) is 0 Å². The summed E-state index contributed by atoms with van der Waals surface area (Å²) in [7, 11) is 0. The van der Waals surface area contributed by atoms with E-state index in [1.807, 2.05) is 0 Å². The van der Waals surface area contributed by atoms with E-state index in [0.717, 1.165) is 19.1 Å². The minimum absolute atomic E-state index is 0.0777. The first-order valence-electron chi connectivity index (χ1n) is 9.22. The van der Waals surface area contributed by atoms with Gasteiger partial charge in [-0.15, -0.1) is 0 Å². The molecule has 21 heavy (non-hydrogen) atoms. The van der Waals surface area contributed by atoms with Gasteiger partial charge in [0.05, 0.1) is 5.60 Å². The van der Waals surface area contributed by atoms with Crippen LogP contribution in [0, 0.1) is 11.3 Å². The summed E-state index contributed by atoms with van der Waals surface area (Å²) in [6.07, 6.45) is 8.75. The van der Waals surface area contributed by atoms with Gasteiger partial charge in [-0.3, -0.25) is 0 Å². The van der Waals surface area contributed by atoms with E-state index < -0.39 is 0 Å². The zero-order chi connectivity index (χ0) is 15.9. The molecule has 1 saturated carbocycles. The Balaban J connectivity index is 2.79. The smallest absolute Gasteiger partial charge is 0.0834 e. The van der Waals surface area contributed by atoms with Crippen LogP contribution in [-0.4, -0.2) is 24.8 Å². The SMILES string of the molecule is CCCNC(CCC(C)C)C1(OCC)CCC(C)(C)CC1. The summed E-state index contributed by atoms with van der Waals surface area (Å²) in [6, 6.07) is 0.524. The molecule has 1 unspecified atom stereocenters. The molecule has 0 aromatic rings. The zero-order valence-corrected chi connectivity index (χ0v) is 15.4. The van der Waals surface area contributed by atoms with Gasteiger partial charge in [-0.1, -0.05) is 34.6 Å². The molecule has 1 atom stereocenters. The lowest BCUT2D eigenvalue weighted by Crippen LogP contribution is -2.55. The van der Waals surface area contributed by atoms with Crippen molar-refractivity contribution < 1.29 is 4.74 Å². The summed E-state index contributed by atoms with van der Waals surface area (Å²) in [5.74, 6) is 0.773. The molecule has 0 saturated heterocycles. The number of hydrogen-bond donors (Lipinski definition) is 1. The first-order chi connectivity index (χ1) is 9.85. The second-order valence-corrected chi connectivity index (χ2v) is 8.14. The van der Waals surface area contributed by atoms with Gasteiger partial charge in [0.2, 0.25) is 0 Å². The van der Waals surface area contributed by atoms with Gasteiger partial charge in [0.1, 0.15) is 0 Å². The predicted octanol–water partition coefficient (Wildman–Crippen LogP) is 5.17. The van der Waals surface area contributed by atoms with Gasteiger partial charge in [0.25, 0.3) is 0 Å². The van der Waals surface area contributed by atoms with E-state index in [0.29, 0.717) is 11.5 Å². The molecule has 2 heteroatoms. The summed E-state index contributed by atoms with van der Waals surface area (Å²) in [6.45, 7) is 15.8. The second-order valence-electron chi connectivity index (χ2n) is 8.14. The van der Waals surface area contributed by atoms with E-state index in [4.69, 9.17) is 4.74 Å². The summed E-state index contributed by atoms with van der Waals surface area (Å²) in [5, 5.41) is 3.82. The molecular formula is C19H39NO. The molecule has 1 aliphatic carbocycles. The van der Waals surface area contributed by atoms with Gasteiger partial charge < -0.3 is 10.1 Å². The van der Waals surface area contributed by atoms with Crippen LogP contribution in [0.4, 0.5) is 0 Å². The van der Waals surface area contributed by atoms with Crippen molar-refractivity contribution in [1.82, 2.24) is 5.32 Å². The molecule has 1 N–H and O–H groups in total. The van der Waals surface area contributed by atoms with E-state index in [9.17, 15) is 0 Å². The predicted molar refractivity (Wildman–Crippen MR) is 92.8 cm³/mol. The van der Waals surface area contributed by atoms with E-state index >= 15 is 0 Å². The average molecular weight is 298 g/mol. The van der Waals surface area contributed by atoms with Crippen LogP contribution < -0.4 is 5.32 Å². The Morgan fingerprint density at radius 3 is 2.10 bits per heavy atom. The summed E-state index contributed by atoms with van der Waals surface area (Å²) < 4.78 is 6.39. The van der Waals surface area contributed by atoms with E-state index in [2.05, 4.69) is 46.9 Å². The molecule has 0 aromatic heterocycles. The standard InChI is InChI=1S/C19H39NO/c1-7-15-20-17(10-9-16(3)4)19(21-8-2)13-11-18(5,6)12-14-19/h16-17,20H,7-15H2,1-6H3. The molecule has 0 aromatic carbocycles. The quantitative estimate of drug-likeness (QED) is 0.634. The van der Waals surface area contributed by atoms with Crippen LogP contribution in [0.3, 0.4) is 0 Å². The van der Waals surface area contributed by atoms with Crippen molar-refractivity contribution in [3.63, 3.8) is 0 Å². The van der Waals surface area contributed by atoms with Crippen LogP contribution in [0.2, 0.25) is 0 Å². The third-order valence-electron chi connectivity index (χ3n) is 5.19. The number of hydrogen-bond acceptors (Lipinski definition) is 2. The molecule has 0 bridgehead atoms.